The van der Waals surface area contributed by atoms with E-state index in [4.69, 9.17) is 23.2 Å². The van der Waals surface area contributed by atoms with Crippen LogP contribution in [0.4, 0.5) is 0 Å². The summed E-state index contributed by atoms with van der Waals surface area (Å²) in [6, 6.07) is 0. The Morgan fingerprint density at radius 2 is 1.92 bits per heavy atom. The summed E-state index contributed by atoms with van der Waals surface area (Å²) in [5.41, 5.74) is 2.38. The summed E-state index contributed by atoms with van der Waals surface area (Å²) in [6.45, 7) is 0. The number of hydrogen-bond acceptors (Lipinski definition) is 1. The van der Waals surface area contributed by atoms with Crippen molar-refractivity contribution in [2.24, 2.45) is 0 Å². The van der Waals surface area contributed by atoms with Crippen molar-refractivity contribution in [3.05, 3.63) is 30.9 Å². The number of fused-ring (bicyclic) bond motifs is 1. The zero-order valence-electron chi connectivity index (χ0n) is 6.15. The Kier molecular flexibility index (Phi) is 6.33. The molecule has 69 valence electrons. The zero-order chi connectivity index (χ0) is 8.01. The first kappa shape index (κ1) is 14.6. The molecule has 0 bridgehead atoms. The van der Waals surface area contributed by atoms with Crippen LogP contribution in [0, 0.1) is 0 Å². The SMILES string of the molecule is ClC1=C2[C]([Zr+2])=CC=C2C(Cl)S1.[Cl-].[Cl-]. The van der Waals surface area contributed by atoms with Crippen molar-refractivity contribution in [1.82, 2.24) is 0 Å². The topological polar surface area (TPSA) is 0 Å². The molecular weight excluding hydrogens is 349 g/mol. The van der Waals surface area contributed by atoms with E-state index in [2.05, 4.69) is 12.2 Å². The van der Waals surface area contributed by atoms with Gasteiger partial charge in [0.2, 0.25) is 0 Å². The maximum absolute atomic E-state index is 6.02. The van der Waals surface area contributed by atoms with Crippen molar-refractivity contribution in [1.29, 1.82) is 0 Å². The molecule has 0 spiro atoms. The molecule has 0 nitrogen and oxygen atoms in total. The average Bonchev–Trinajstić information content (AvgIpc) is 2.41. The summed E-state index contributed by atoms with van der Waals surface area (Å²) in [6.07, 6.45) is 4.17. The minimum absolute atomic E-state index is 0. The second-order valence-electron chi connectivity index (χ2n) is 2.28. The molecule has 6 heteroatoms. The van der Waals surface area contributed by atoms with Crippen LogP contribution in [0.5, 0.6) is 0 Å². The zero-order valence-corrected chi connectivity index (χ0v) is 12.5. The van der Waals surface area contributed by atoms with Gasteiger partial charge in [-0.2, -0.15) is 0 Å². The van der Waals surface area contributed by atoms with Crippen molar-refractivity contribution < 1.29 is 49.5 Å². The minimum Gasteiger partial charge on any atom is -1.00 e. The fraction of sp³-hybridized carbons (Fsp3) is 0.143. The molecule has 1 heterocycles. The summed E-state index contributed by atoms with van der Waals surface area (Å²) in [7, 11) is 0. The smallest absolute Gasteiger partial charge is 1.00 e. The Morgan fingerprint density at radius 1 is 1.31 bits per heavy atom. The fourth-order valence-corrected chi connectivity index (χ4v) is 4.32. The van der Waals surface area contributed by atoms with Gasteiger partial charge in [0.1, 0.15) is 0 Å². The second kappa shape index (κ2) is 5.63. The summed E-state index contributed by atoms with van der Waals surface area (Å²) in [5, 5.41) is 0. The molecule has 0 N–H and O–H groups in total. The first-order chi connectivity index (χ1) is 5.20. The van der Waals surface area contributed by atoms with Crippen molar-refractivity contribution in [2.45, 2.75) is 4.71 Å². The second-order valence-corrected chi connectivity index (χ2v) is 6.02. The molecule has 13 heavy (non-hydrogen) atoms. The Morgan fingerprint density at radius 3 is 2.46 bits per heavy atom. The third kappa shape index (κ3) is 2.59. The molecule has 2 aliphatic rings. The van der Waals surface area contributed by atoms with Gasteiger partial charge in [0, 0.05) is 0 Å². The van der Waals surface area contributed by atoms with Crippen LogP contribution in [0.15, 0.2) is 30.9 Å². The molecule has 0 saturated carbocycles. The van der Waals surface area contributed by atoms with Gasteiger partial charge >= 0.3 is 95.3 Å². The van der Waals surface area contributed by atoms with Gasteiger partial charge in [0.15, 0.2) is 0 Å². The molecular formula is C7H3Cl4SZr. The van der Waals surface area contributed by atoms with Gasteiger partial charge in [-0.15, -0.1) is 0 Å². The fourth-order valence-electron chi connectivity index (χ4n) is 1.12. The normalized spacial score (nSPS) is 24.5. The number of rotatable bonds is 0. The van der Waals surface area contributed by atoms with Crippen LogP contribution in [0.3, 0.4) is 0 Å². The van der Waals surface area contributed by atoms with Gasteiger partial charge in [0.25, 0.3) is 0 Å². The predicted octanol–water partition coefficient (Wildman–Crippen LogP) is -2.87. The Bertz CT molecular complexity index is 305. The molecule has 2 rings (SSSR count). The van der Waals surface area contributed by atoms with Crippen LogP contribution in [0.1, 0.15) is 0 Å². The summed E-state index contributed by atoms with van der Waals surface area (Å²) >= 11 is 14.9. The Hall–Kier alpha value is 1.61. The van der Waals surface area contributed by atoms with Crippen molar-refractivity contribution in [2.75, 3.05) is 0 Å². The third-order valence-corrected chi connectivity index (χ3v) is 4.49. The maximum atomic E-state index is 6.02. The monoisotopic (exact) mass is 349 g/mol. The molecule has 1 atom stereocenters. The summed E-state index contributed by atoms with van der Waals surface area (Å²) < 4.78 is 2.21. The number of thioether (sulfide) groups is 1. The third-order valence-electron chi connectivity index (χ3n) is 1.64. The van der Waals surface area contributed by atoms with Crippen LogP contribution >= 0.6 is 35.0 Å². The van der Waals surface area contributed by atoms with Gasteiger partial charge in [-0.05, 0) is 0 Å². The molecule has 0 aromatic carbocycles. The molecule has 0 aromatic rings. The quantitative estimate of drug-likeness (QED) is 0.423. The van der Waals surface area contributed by atoms with E-state index in [1.807, 2.05) is 0 Å². The molecule has 1 unspecified atom stereocenters. The predicted molar refractivity (Wildman–Crippen MR) is 46.3 cm³/mol. The van der Waals surface area contributed by atoms with Crippen LogP contribution in [0.2, 0.25) is 0 Å². The van der Waals surface area contributed by atoms with Crippen LogP contribution in [0.25, 0.3) is 0 Å². The van der Waals surface area contributed by atoms with E-state index in [-0.39, 0.29) is 29.5 Å². The number of halogens is 4. The van der Waals surface area contributed by atoms with E-state index >= 15 is 0 Å². The van der Waals surface area contributed by atoms with E-state index in [0.29, 0.717) is 0 Å². The summed E-state index contributed by atoms with van der Waals surface area (Å²) in [5.74, 6) is 0. The van der Waals surface area contributed by atoms with Crippen molar-refractivity contribution in [3.63, 3.8) is 0 Å². The van der Waals surface area contributed by atoms with E-state index in [1.54, 1.807) is 0 Å². The van der Waals surface area contributed by atoms with Gasteiger partial charge in [-0.1, -0.05) is 0 Å². The average molecular weight is 352 g/mol. The van der Waals surface area contributed by atoms with Crippen molar-refractivity contribution >= 4 is 35.0 Å². The first-order valence-corrected chi connectivity index (χ1v) is 5.97. The molecule has 1 aliphatic carbocycles. The van der Waals surface area contributed by atoms with Gasteiger partial charge in [0.05, 0.1) is 0 Å². The van der Waals surface area contributed by atoms with Crippen LogP contribution < -0.4 is 24.8 Å². The van der Waals surface area contributed by atoms with Gasteiger partial charge < -0.3 is 24.8 Å². The van der Waals surface area contributed by atoms with Gasteiger partial charge in [-0.3, -0.25) is 0 Å². The standard InChI is InChI=1S/C7H3Cl2S.2ClH.Zr/c8-6-4-2-1-3-5(4)7(9)10-6;;;/h1-2,6H;2*1H;/q;;;+2/p-2. The van der Waals surface area contributed by atoms with Gasteiger partial charge in [-0.25, -0.2) is 0 Å². The van der Waals surface area contributed by atoms with Crippen LogP contribution in [-0.4, -0.2) is 4.71 Å². The van der Waals surface area contributed by atoms with Crippen molar-refractivity contribution in [3.8, 4) is 0 Å². The molecule has 0 saturated heterocycles. The van der Waals surface area contributed by atoms with E-state index in [9.17, 15) is 0 Å². The maximum Gasteiger partial charge on any atom is -1.00 e. The molecule has 0 aromatic heterocycles. The molecule has 0 radical (unpaired) electrons. The Balaban J connectivity index is 0.000000720. The molecule has 0 amide bonds. The first-order valence-electron chi connectivity index (χ1n) is 3.05. The van der Waals surface area contributed by atoms with Crippen LogP contribution in [-0.2, 0) is 24.7 Å². The number of hydrogen-bond donors (Lipinski definition) is 0. The Labute approximate surface area is 119 Å². The minimum atomic E-state index is 0. The summed E-state index contributed by atoms with van der Waals surface area (Å²) in [4.78, 5) is 0. The largest absolute Gasteiger partial charge is 1.00 e. The molecule has 0 fully saturated rings. The van der Waals surface area contributed by atoms with E-state index in [1.165, 1.54) is 50.9 Å². The van der Waals surface area contributed by atoms with E-state index < -0.39 is 0 Å². The van der Waals surface area contributed by atoms with E-state index in [0.717, 1.165) is 4.36 Å². The number of alkyl halides is 1. The number of allylic oxidation sites excluding steroid dienone is 4. The molecule has 1 aliphatic heterocycles.